The molecule has 0 bridgehead atoms. The predicted molar refractivity (Wildman–Crippen MR) is 132 cm³/mol. The number of aliphatic hydroxyl groups is 1. The molecule has 2 N–H and O–H groups in total. The first-order chi connectivity index (χ1) is 17.1. The molecule has 7 heteroatoms. The van der Waals surface area contributed by atoms with E-state index in [1.54, 1.807) is 66.7 Å². The molecule has 3 aromatic carbocycles. The van der Waals surface area contributed by atoms with E-state index in [0.717, 1.165) is 10.9 Å². The van der Waals surface area contributed by atoms with Crippen molar-refractivity contribution in [3.05, 3.63) is 107 Å². The molecule has 0 radical (unpaired) electrons. The minimum Gasteiger partial charge on any atom is -0.495 e. The Bertz CT molecular complexity index is 1580. The van der Waals surface area contributed by atoms with Gasteiger partial charge in [-0.25, -0.2) is 4.79 Å². The van der Waals surface area contributed by atoms with Crippen molar-refractivity contribution in [2.24, 2.45) is 0 Å². The number of anilines is 1. The van der Waals surface area contributed by atoms with Crippen LogP contribution in [0.25, 0.3) is 33.4 Å². The number of fused-ring (bicyclic) bond motifs is 1. The summed E-state index contributed by atoms with van der Waals surface area (Å²) in [5.74, 6) is 1.15. The van der Waals surface area contributed by atoms with E-state index in [1.807, 2.05) is 18.2 Å². The van der Waals surface area contributed by atoms with E-state index in [9.17, 15) is 14.7 Å². The van der Waals surface area contributed by atoms with Crippen LogP contribution < -0.4 is 15.7 Å². The third kappa shape index (κ3) is 4.45. The zero-order valence-corrected chi connectivity index (χ0v) is 18.8. The molecule has 2 aromatic heterocycles. The van der Waals surface area contributed by atoms with Gasteiger partial charge in [0, 0.05) is 16.5 Å². The average Bonchev–Trinajstić information content (AvgIpc) is 3.38. The van der Waals surface area contributed by atoms with E-state index in [1.165, 1.54) is 7.11 Å². The van der Waals surface area contributed by atoms with Crippen LogP contribution >= 0.6 is 0 Å². The highest BCUT2D eigenvalue weighted by molar-refractivity contribution is 6.05. The summed E-state index contributed by atoms with van der Waals surface area (Å²) in [6.45, 7) is -0.198. The number of carbonyl (C=O) groups excluding carboxylic acids is 1. The fourth-order valence-electron chi connectivity index (χ4n) is 3.84. The van der Waals surface area contributed by atoms with Gasteiger partial charge < -0.3 is 24.0 Å². The van der Waals surface area contributed by atoms with Gasteiger partial charge in [-0.3, -0.25) is 4.79 Å². The van der Waals surface area contributed by atoms with Crippen LogP contribution in [0.1, 0.15) is 16.1 Å². The predicted octanol–water partition coefficient (Wildman–Crippen LogP) is 5.47. The number of carbonyl (C=O) groups is 1. The Morgan fingerprint density at radius 1 is 0.914 bits per heavy atom. The molecule has 5 aromatic rings. The van der Waals surface area contributed by atoms with Gasteiger partial charge in [0.1, 0.15) is 29.5 Å². The van der Waals surface area contributed by atoms with Crippen molar-refractivity contribution in [1.82, 2.24) is 0 Å². The summed E-state index contributed by atoms with van der Waals surface area (Å²) >= 11 is 0. The van der Waals surface area contributed by atoms with Crippen LogP contribution in [0.4, 0.5) is 5.69 Å². The topological polar surface area (TPSA) is 102 Å². The Balaban J connectivity index is 1.40. The second kappa shape index (κ2) is 9.32. The van der Waals surface area contributed by atoms with Crippen molar-refractivity contribution in [1.29, 1.82) is 0 Å². The van der Waals surface area contributed by atoms with Gasteiger partial charge in [-0.1, -0.05) is 30.3 Å². The number of rotatable bonds is 6. The van der Waals surface area contributed by atoms with Crippen LogP contribution in [0.3, 0.4) is 0 Å². The fourth-order valence-corrected chi connectivity index (χ4v) is 3.84. The molecular weight excluding hydrogens is 446 g/mol. The van der Waals surface area contributed by atoms with E-state index >= 15 is 0 Å². The number of hydrogen-bond donors (Lipinski definition) is 2. The lowest BCUT2D eigenvalue weighted by molar-refractivity contribution is 0.102. The van der Waals surface area contributed by atoms with Crippen LogP contribution in [-0.2, 0) is 6.61 Å². The Morgan fingerprint density at radius 3 is 2.43 bits per heavy atom. The molecule has 0 saturated heterocycles. The smallest absolute Gasteiger partial charge is 0.344 e. The number of benzene rings is 3. The first kappa shape index (κ1) is 22.2. The summed E-state index contributed by atoms with van der Waals surface area (Å²) in [5.41, 5.74) is 2.76. The summed E-state index contributed by atoms with van der Waals surface area (Å²) in [6, 6.07) is 24.5. The highest BCUT2D eigenvalue weighted by atomic mass is 16.5. The standard InChI is InChI=1S/C28H21NO6/c1-33-26-12-10-20(25-13-11-21(16-30)34-25)15-23(26)29-27(31)18-8-6-17(7-9-18)22-14-19-4-2-3-5-24(19)35-28(22)32/h2-15,30H,16H2,1H3,(H,29,31). The second-order valence-electron chi connectivity index (χ2n) is 7.86. The van der Waals surface area contributed by atoms with Crippen molar-refractivity contribution in [2.75, 3.05) is 12.4 Å². The number of aliphatic hydroxyl groups excluding tert-OH is 1. The molecule has 0 atom stereocenters. The maximum Gasteiger partial charge on any atom is 0.344 e. The molecule has 0 spiro atoms. The number of ether oxygens (including phenoxy) is 1. The van der Waals surface area contributed by atoms with Crippen LogP contribution in [0, 0.1) is 0 Å². The second-order valence-corrected chi connectivity index (χ2v) is 7.86. The molecule has 0 aliphatic carbocycles. The molecule has 2 heterocycles. The van der Waals surface area contributed by atoms with Crippen LogP contribution in [0.15, 0.2) is 98.6 Å². The molecule has 174 valence electrons. The number of furan rings is 1. The Morgan fingerprint density at radius 2 is 1.69 bits per heavy atom. The van der Waals surface area contributed by atoms with Crippen LogP contribution in [0.5, 0.6) is 5.75 Å². The molecule has 7 nitrogen and oxygen atoms in total. The first-order valence-electron chi connectivity index (χ1n) is 10.9. The number of para-hydroxylation sites is 1. The van der Waals surface area contributed by atoms with Gasteiger partial charge in [-0.15, -0.1) is 0 Å². The summed E-state index contributed by atoms with van der Waals surface area (Å²) < 4.78 is 16.4. The Hall–Kier alpha value is -4.62. The van der Waals surface area contributed by atoms with Gasteiger partial charge in [0.05, 0.1) is 18.4 Å². The highest BCUT2D eigenvalue weighted by Crippen LogP contribution is 2.32. The van der Waals surface area contributed by atoms with Gasteiger partial charge in [0.25, 0.3) is 5.91 Å². The van der Waals surface area contributed by atoms with Crippen LogP contribution in [0.2, 0.25) is 0 Å². The number of hydrogen-bond acceptors (Lipinski definition) is 6. The van der Waals surface area contributed by atoms with Gasteiger partial charge in [-0.05, 0) is 60.2 Å². The van der Waals surface area contributed by atoms with Gasteiger partial charge >= 0.3 is 5.63 Å². The monoisotopic (exact) mass is 467 g/mol. The average molecular weight is 467 g/mol. The van der Waals surface area contributed by atoms with Gasteiger partial charge in [0.15, 0.2) is 0 Å². The van der Waals surface area contributed by atoms with Crippen molar-refractivity contribution < 1.29 is 23.5 Å². The fraction of sp³-hybridized carbons (Fsp3) is 0.0714. The summed E-state index contributed by atoms with van der Waals surface area (Å²) in [4.78, 5) is 25.4. The highest BCUT2D eigenvalue weighted by Gasteiger charge is 2.14. The van der Waals surface area contributed by atoms with E-state index in [2.05, 4.69) is 5.32 Å². The summed E-state index contributed by atoms with van der Waals surface area (Å²) in [7, 11) is 1.52. The number of methoxy groups -OCH3 is 1. The molecule has 1 amide bonds. The normalized spacial score (nSPS) is 10.9. The maximum atomic E-state index is 13.0. The molecule has 5 rings (SSSR count). The molecule has 0 fully saturated rings. The zero-order valence-electron chi connectivity index (χ0n) is 18.8. The lowest BCUT2D eigenvalue weighted by Crippen LogP contribution is -2.13. The molecule has 35 heavy (non-hydrogen) atoms. The minimum absolute atomic E-state index is 0.198. The van der Waals surface area contributed by atoms with E-state index in [4.69, 9.17) is 13.6 Å². The van der Waals surface area contributed by atoms with E-state index < -0.39 is 5.63 Å². The number of nitrogens with one attached hydrogen (secondary N) is 1. The van der Waals surface area contributed by atoms with E-state index in [-0.39, 0.29) is 12.5 Å². The molecule has 0 aliphatic rings. The SMILES string of the molecule is COc1ccc(-c2ccc(CO)o2)cc1NC(=O)c1ccc(-c2cc3ccccc3oc2=O)cc1. The Labute approximate surface area is 200 Å². The largest absolute Gasteiger partial charge is 0.495 e. The molecule has 0 aliphatic heterocycles. The van der Waals surface area contributed by atoms with Crippen molar-refractivity contribution >= 4 is 22.6 Å². The number of amides is 1. The third-order valence-electron chi connectivity index (χ3n) is 5.65. The maximum absolute atomic E-state index is 13.0. The van der Waals surface area contributed by atoms with Crippen LogP contribution in [-0.4, -0.2) is 18.1 Å². The minimum atomic E-state index is -0.440. The van der Waals surface area contributed by atoms with Crippen molar-refractivity contribution in [3.63, 3.8) is 0 Å². The van der Waals surface area contributed by atoms with Gasteiger partial charge in [-0.2, -0.15) is 0 Å². The molecule has 0 unspecified atom stereocenters. The Kier molecular flexibility index (Phi) is 5.91. The third-order valence-corrected chi connectivity index (χ3v) is 5.65. The van der Waals surface area contributed by atoms with Crippen molar-refractivity contribution in [3.8, 4) is 28.2 Å². The van der Waals surface area contributed by atoms with E-state index in [0.29, 0.717) is 45.2 Å². The lowest BCUT2D eigenvalue weighted by atomic mass is 10.0. The lowest BCUT2D eigenvalue weighted by Gasteiger charge is -2.12. The quantitative estimate of drug-likeness (QED) is 0.321. The zero-order chi connectivity index (χ0) is 24.4. The molecule has 0 saturated carbocycles. The van der Waals surface area contributed by atoms with Crippen molar-refractivity contribution in [2.45, 2.75) is 6.61 Å². The summed E-state index contributed by atoms with van der Waals surface area (Å²) in [5, 5.41) is 12.9. The van der Waals surface area contributed by atoms with Gasteiger partial charge in [0.2, 0.25) is 0 Å². The molecular formula is C28H21NO6. The first-order valence-corrected chi connectivity index (χ1v) is 10.9. The summed E-state index contributed by atoms with van der Waals surface area (Å²) in [6.07, 6.45) is 0.